The zero-order valence-electron chi connectivity index (χ0n) is 7.95. The van der Waals surface area contributed by atoms with Crippen molar-refractivity contribution in [1.29, 1.82) is 0 Å². The highest BCUT2D eigenvalue weighted by Crippen LogP contribution is 2.17. The zero-order chi connectivity index (χ0) is 10.3. The van der Waals surface area contributed by atoms with Gasteiger partial charge in [-0.2, -0.15) is 9.61 Å². The van der Waals surface area contributed by atoms with Crippen molar-refractivity contribution < 1.29 is 4.52 Å². The van der Waals surface area contributed by atoms with E-state index < -0.39 is 0 Å². The van der Waals surface area contributed by atoms with Crippen molar-refractivity contribution in [1.82, 2.24) is 25.0 Å². The van der Waals surface area contributed by atoms with Crippen molar-refractivity contribution in [3.63, 3.8) is 0 Å². The van der Waals surface area contributed by atoms with Gasteiger partial charge in [0.05, 0.1) is 5.69 Å². The fourth-order valence-electron chi connectivity index (χ4n) is 1.34. The minimum absolute atomic E-state index is 0.642. The van der Waals surface area contributed by atoms with E-state index in [-0.39, 0.29) is 0 Å². The van der Waals surface area contributed by atoms with Crippen LogP contribution >= 0.6 is 0 Å². The summed E-state index contributed by atoms with van der Waals surface area (Å²) in [6.07, 6.45) is 1.54. The van der Waals surface area contributed by atoms with Crippen molar-refractivity contribution >= 4 is 5.65 Å². The largest absolute Gasteiger partial charge is 0.354 e. The molecule has 3 heterocycles. The highest BCUT2D eigenvalue weighted by Gasteiger charge is 2.07. The van der Waals surface area contributed by atoms with E-state index in [1.807, 2.05) is 25.1 Å². The standard InChI is InChI=1S/C9H7N5O/c1-6-4-8(15-13-6)7-2-3-9-11-10-5-14(9)12-7/h2-5H,1H3. The summed E-state index contributed by atoms with van der Waals surface area (Å²) in [6.45, 7) is 1.87. The highest BCUT2D eigenvalue weighted by atomic mass is 16.5. The predicted octanol–water partition coefficient (Wildman–Crippen LogP) is 1.09. The maximum Gasteiger partial charge on any atom is 0.187 e. The van der Waals surface area contributed by atoms with E-state index in [4.69, 9.17) is 4.52 Å². The second-order valence-electron chi connectivity index (χ2n) is 3.18. The van der Waals surface area contributed by atoms with Crippen molar-refractivity contribution in [3.8, 4) is 11.5 Å². The summed E-state index contributed by atoms with van der Waals surface area (Å²) in [5.74, 6) is 0.642. The first-order valence-corrected chi connectivity index (χ1v) is 4.44. The van der Waals surface area contributed by atoms with Crippen LogP contribution in [0.15, 0.2) is 29.0 Å². The van der Waals surface area contributed by atoms with Crippen molar-refractivity contribution in [2.24, 2.45) is 0 Å². The van der Waals surface area contributed by atoms with Crippen molar-refractivity contribution in [3.05, 3.63) is 30.2 Å². The minimum Gasteiger partial charge on any atom is -0.354 e. The molecular formula is C9H7N5O. The molecule has 0 spiro atoms. The Morgan fingerprint density at radius 1 is 1.33 bits per heavy atom. The molecule has 0 N–H and O–H groups in total. The molecule has 15 heavy (non-hydrogen) atoms. The van der Waals surface area contributed by atoms with E-state index in [1.165, 1.54) is 0 Å². The van der Waals surface area contributed by atoms with E-state index in [0.29, 0.717) is 17.1 Å². The van der Waals surface area contributed by atoms with Crippen LogP contribution in [0.1, 0.15) is 5.69 Å². The molecule has 3 rings (SSSR count). The lowest BCUT2D eigenvalue weighted by Crippen LogP contribution is -1.91. The van der Waals surface area contributed by atoms with E-state index in [2.05, 4.69) is 20.5 Å². The van der Waals surface area contributed by atoms with Crippen molar-refractivity contribution in [2.75, 3.05) is 0 Å². The Morgan fingerprint density at radius 3 is 3.07 bits per heavy atom. The van der Waals surface area contributed by atoms with Gasteiger partial charge in [-0.1, -0.05) is 5.16 Å². The van der Waals surface area contributed by atoms with Gasteiger partial charge < -0.3 is 4.52 Å². The molecule has 0 radical (unpaired) electrons. The summed E-state index contributed by atoms with van der Waals surface area (Å²) < 4.78 is 6.70. The van der Waals surface area contributed by atoms with Crippen LogP contribution in [0.3, 0.4) is 0 Å². The Morgan fingerprint density at radius 2 is 2.27 bits per heavy atom. The molecular weight excluding hydrogens is 194 g/mol. The molecule has 0 saturated heterocycles. The topological polar surface area (TPSA) is 69.1 Å². The monoisotopic (exact) mass is 201 g/mol. The predicted molar refractivity (Wildman–Crippen MR) is 51.0 cm³/mol. The Labute approximate surface area is 84.5 Å². The number of aromatic nitrogens is 5. The molecule has 6 nitrogen and oxygen atoms in total. The van der Waals surface area contributed by atoms with Crippen LogP contribution in [0.2, 0.25) is 0 Å². The summed E-state index contributed by atoms with van der Waals surface area (Å²) in [6, 6.07) is 5.48. The Balaban J connectivity index is 2.18. The van der Waals surface area contributed by atoms with Crippen LogP contribution in [0.4, 0.5) is 0 Å². The van der Waals surface area contributed by atoms with Gasteiger partial charge in [-0.25, -0.2) is 0 Å². The molecule has 0 unspecified atom stereocenters. The number of fused-ring (bicyclic) bond motifs is 1. The second-order valence-corrected chi connectivity index (χ2v) is 3.18. The molecule has 0 atom stereocenters. The number of rotatable bonds is 1. The maximum atomic E-state index is 5.11. The first-order chi connectivity index (χ1) is 7.33. The maximum absolute atomic E-state index is 5.11. The average molecular weight is 201 g/mol. The lowest BCUT2D eigenvalue weighted by Gasteiger charge is -1.94. The van der Waals surface area contributed by atoms with E-state index >= 15 is 0 Å². The van der Waals surface area contributed by atoms with Gasteiger partial charge >= 0.3 is 0 Å². The molecule has 3 aromatic rings. The molecule has 6 heteroatoms. The lowest BCUT2D eigenvalue weighted by molar-refractivity contribution is 0.425. The molecule has 3 aromatic heterocycles. The van der Waals surface area contributed by atoms with E-state index in [9.17, 15) is 0 Å². The summed E-state index contributed by atoms with van der Waals surface area (Å²) in [5, 5.41) is 15.7. The summed E-state index contributed by atoms with van der Waals surface area (Å²) in [7, 11) is 0. The van der Waals surface area contributed by atoms with Crippen LogP contribution in [-0.2, 0) is 0 Å². The third kappa shape index (κ3) is 1.26. The summed E-state index contributed by atoms with van der Waals surface area (Å²) >= 11 is 0. The van der Waals surface area contributed by atoms with Crippen LogP contribution in [0.5, 0.6) is 0 Å². The number of hydrogen-bond donors (Lipinski definition) is 0. The van der Waals surface area contributed by atoms with E-state index in [0.717, 1.165) is 5.69 Å². The zero-order valence-corrected chi connectivity index (χ0v) is 7.95. The van der Waals surface area contributed by atoms with E-state index in [1.54, 1.807) is 10.8 Å². The highest BCUT2D eigenvalue weighted by molar-refractivity contribution is 5.53. The van der Waals surface area contributed by atoms with Gasteiger partial charge in [0.2, 0.25) is 0 Å². The summed E-state index contributed by atoms with van der Waals surface area (Å²) in [4.78, 5) is 0. The molecule has 0 aliphatic carbocycles. The van der Waals surface area contributed by atoms with Crippen molar-refractivity contribution in [2.45, 2.75) is 6.92 Å². The molecule has 0 aliphatic rings. The van der Waals surface area contributed by atoms with Crippen LogP contribution in [-0.4, -0.2) is 25.0 Å². The molecule has 0 aliphatic heterocycles. The molecule has 0 fully saturated rings. The molecule has 0 amide bonds. The average Bonchev–Trinajstić information content (AvgIpc) is 2.84. The van der Waals surface area contributed by atoms with Crippen LogP contribution in [0.25, 0.3) is 17.1 Å². The third-order valence-electron chi connectivity index (χ3n) is 2.04. The first-order valence-electron chi connectivity index (χ1n) is 4.44. The number of hydrogen-bond acceptors (Lipinski definition) is 5. The Bertz CT molecular complexity index is 612. The summed E-state index contributed by atoms with van der Waals surface area (Å²) in [5.41, 5.74) is 2.24. The molecule has 74 valence electrons. The molecule has 0 aromatic carbocycles. The van der Waals surface area contributed by atoms with Gasteiger partial charge in [-0.15, -0.1) is 10.2 Å². The Kier molecular flexibility index (Phi) is 1.55. The van der Waals surface area contributed by atoms with Gasteiger partial charge in [-0.05, 0) is 19.1 Å². The minimum atomic E-state index is 0.642. The van der Waals surface area contributed by atoms with Gasteiger partial charge in [0, 0.05) is 6.07 Å². The third-order valence-corrected chi connectivity index (χ3v) is 2.04. The smallest absolute Gasteiger partial charge is 0.187 e. The molecule has 0 saturated carbocycles. The SMILES string of the molecule is Cc1cc(-c2ccc3nncn3n2)on1. The van der Waals surface area contributed by atoms with Gasteiger partial charge in [0.1, 0.15) is 12.0 Å². The fraction of sp³-hybridized carbons (Fsp3) is 0.111. The molecule has 0 bridgehead atoms. The van der Waals surface area contributed by atoms with Gasteiger partial charge in [0.15, 0.2) is 11.4 Å². The van der Waals surface area contributed by atoms with Crippen LogP contribution < -0.4 is 0 Å². The number of nitrogens with zero attached hydrogens (tertiary/aromatic N) is 5. The van der Waals surface area contributed by atoms with Gasteiger partial charge in [0.25, 0.3) is 0 Å². The van der Waals surface area contributed by atoms with Crippen LogP contribution in [0, 0.1) is 6.92 Å². The Hall–Kier alpha value is -2.24. The first kappa shape index (κ1) is 8.10. The van der Waals surface area contributed by atoms with Gasteiger partial charge in [-0.3, -0.25) is 0 Å². The quantitative estimate of drug-likeness (QED) is 0.589. The normalized spacial score (nSPS) is 11.0. The number of aryl methyl sites for hydroxylation is 1. The fourth-order valence-corrected chi connectivity index (χ4v) is 1.34. The second kappa shape index (κ2) is 2.88. The lowest BCUT2D eigenvalue weighted by atomic mass is 10.3.